The van der Waals surface area contributed by atoms with Crippen LogP contribution >= 0.6 is 11.8 Å². The predicted molar refractivity (Wildman–Crippen MR) is 79.5 cm³/mol. The van der Waals surface area contributed by atoms with Gasteiger partial charge < -0.3 is 4.57 Å². The van der Waals surface area contributed by atoms with Crippen LogP contribution in [0.25, 0.3) is 0 Å². The Morgan fingerprint density at radius 2 is 2.10 bits per heavy atom. The number of fused-ring (bicyclic) bond motifs is 1. The smallest absolute Gasteiger partial charge is 0.283 e. The molecule has 2 aromatic rings. The molecule has 0 amide bonds. The van der Waals surface area contributed by atoms with Gasteiger partial charge in [-0.25, -0.2) is 4.98 Å². The van der Waals surface area contributed by atoms with Crippen molar-refractivity contribution in [3.05, 3.63) is 36.8 Å². The van der Waals surface area contributed by atoms with Crippen LogP contribution in [0.3, 0.4) is 0 Å². The highest BCUT2D eigenvalue weighted by atomic mass is 32.2. The molecule has 0 unspecified atom stereocenters. The molecule has 0 radical (unpaired) electrons. The molecular formula is C13H15N3O2S2. The van der Waals surface area contributed by atoms with Gasteiger partial charge in [-0.15, -0.1) is 11.8 Å². The van der Waals surface area contributed by atoms with Gasteiger partial charge in [0, 0.05) is 29.9 Å². The number of sulfonamides is 1. The average molecular weight is 309 g/mol. The highest BCUT2D eigenvalue weighted by Gasteiger charge is 2.33. The molecular weight excluding hydrogens is 294 g/mol. The van der Waals surface area contributed by atoms with E-state index in [4.69, 9.17) is 0 Å². The summed E-state index contributed by atoms with van der Waals surface area (Å²) in [5.74, 6) is 0. The molecule has 1 aliphatic heterocycles. The molecule has 0 saturated heterocycles. The summed E-state index contributed by atoms with van der Waals surface area (Å²) in [6.07, 6.45) is 3.03. The first-order chi connectivity index (χ1) is 9.48. The lowest BCUT2D eigenvalue weighted by Gasteiger charge is -2.32. The minimum Gasteiger partial charge on any atom is -0.339 e. The van der Waals surface area contributed by atoms with Gasteiger partial charge in [0.05, 0.1) is 12.0 Å². The fraction of sp³-hybridized carbons (Fsp3) is 0.308. The normalized spacial score (nSPS) is 18.9. The van der Waals surface area contributed by atoms with Gasteiger partial charge in [0.25, 0.3) is 10.0 Å². The van der Waals surface area contributed by atoms with Gasteiger partial charge in [-0.05, 0) is 12.1 Å². The third-order valence-corrected chi connectivity index (χ3v) is 5.94. The Kier molecular flexibility index (Phi) is 3.25. The van der Waals surface area contributed by atoms with Crippen LogP contribution in [0.1, 0.15) is 6.92 Å². The van der Waals surface area contributed by atoms with E-state index in [0.29, 0.717) is 6.54 Å². The van der Waals surface area contributed by atoms with Crippen molar-refractivity contribution < 1.29 is 8.42 Å². The Labute approximate surface area is 122 Å². The Bertz CT molecular complexity index is 740. The first-order valence-corrected chi connectivity index (χ1v) is 8.57. The molecule has 0 saturated carbocycles. The first-order valence-electron chi connectivity index (χ1n) is 6.25. The second-order valence-corrected chi connectivity index (χ2v) is 8.10. The molecule has 7 heteroatoms. The molecule has 5 nitrogen and oxygen atoms in total. The van der Waals surface area contributed by atoms with Crippen molar-refractivity contribution in [2.45, 2.75) is 22.1 Å². The number of imidazole rings is 1. The number of thioether (sulfide) groups is 1. The number of benzene rings is 1. The molecule has 1 aliphatic rings. The van der Waals surface area contributed by atoms with E-state index < -0.39 is 10.0 Å². The van der Waals surface area contributed by atoms with E-state index in [1.165, 1.54) is 16.8 Å². The number of aryl methyl sites for hydroxylation is 1. The van der Waals surface area contributed by atoms with Crippen molar-refractivity contribution in [2.75, 3.05) is 10.8 Å². The fourth-order valence-corrected chi connectivity index (χ4v) is 5.02. The van der Waals surface area contributed by atoms with E-state index in [1.807, 2.05) is 31.2 Å². The Morgan fingerprint density at radius 3 is 2.80 bits per heavy atom. The maximum absolute atomic E-state index is 12.7. The van der Waals surface area contributed by atoms with Crippen LogP contribution < -0.4 is 4.31 Å². The summed E-state index contributed by atoms with van der Waals surface area (Å²) in [5.41, 5.74) is 0.737. The zero-order valence-electron chi connectivity index (χ0n) is 11.2. The molecule has 3 rings (SSSR count). The van der Waals surface area contributed by atoms with Crippen LogP contribution in [0.5, 0.6) is 0 Å². The lowest BCUT2D eigenvalue weighted by Crippen LogP contribution is -2.38. The van der Waals surface area contributed by atoms with E-state index >= 15 is 0 Å². The van der Waals surface area contributed by atoms with E-state index in [0.717, 1.165) is 10.6 Å². The van der Waals surface area contributed by atoms with Gasteiger partial charge in [-0.3, -0.25) is 4.31 Å². The van der Waals surface area contributed by atoms with Crippen molar-refractivity contribution in [2.24, 2.45) is 7.05 Å². The molecule has 2 heterocycles. The van der Waals surface area contributed by atoms with Gasteiger partial charge in [0.2, 0.25) is 0 Å². The second-order valence-electron chi connectivity index (χ2n) is 4.81. The third kappa shape index (κ3) is 2.20. The fourth-order valence-electron chi connectivity index (χ4n) is 2.21. The molecule has 0 spiro atoms. The molecule has 0 fully saturated rings. The number of hydrogen-bond donors (Lipinski definition) is 0. The van der Waals surface area contributed by atoms with Crippen molar-refractivity contribution in [1.29, 1.82) is 0 Å². The maximum Gasteiger partial charge on any atom is 0.283 e. The van der Waals surface area contributed by atoms with Crippen molar-refractivity contribution in [3.63, 3.8) is 0 Å². The Morgan fingerprint density at radius 1 is 1.35 bits per heavy atom. The van der Waals surface area contributed by atoms with E-state index in [1.54, 1.807) is 23.4 Å². The second kappa shape index (κ2) is 4.82. The van der Waals surface area contributed by atoms with Crippen LogP contribution in [0.15, 0.2) is 46.7 Å². The molecule has 0 aliphatic carbocycles. The minimum absolute atomic E-state index is 0.0916. The van der Waals surface area contributed by atoms with Crippen molar-refractivity contribution in [1.82, 2.24) is 9.55 Å². The number of aromatic nitrogens is 2. The zero-order valence-corrected chi connectivity index (χ0v) is 12.9. The maximum atomic E-state index is 12.7. The first kappa shape index (κ1) is 13.5. The van der Waals surface area contributed by atoms with E-state index in [-0.39, 0.29) is 10.3 Å². The summed E-state index contributed by atoms with van der Waals surface area (Å²) in [4.78, 5) is 4.98. The topological polar surface area (TPSA) is 55.2 Å². The SMILES string of the molecule is C[C@@H]1CN(S(=O)(=O)c2cn(C)cn2)c2ccccc2S1. The highest BCUT2D eigenvalue weighted by molar-refractivity contribution is 8.00. The van der Waals surface area contributed by atoms with Crippen molar-refractivity contribution in [3.8, 4) is 0 Å². The van der Waals surface area contributed by atoms with Crippen LogP contribution in [-0.4, -0.2) is 29.8 Å². The molecule has 1 atom stereocenters. The largest absolute Gasteiger partial charge is 0.339 e. The quantitative estimate of drug-likeness (QED) is 0.852. The molecule has 0 N–H and O–H groups in total. The van der Waals surface area contributed by atoms with Gasteiger partial charge in [0.15, 0.2) is 5.03 Å². The zero-order chi connectivity index (χ0) is 14.3. The molecule has 1 aromatic heterocycles. The number of rotatable bonds is 2. The number of anilines is 1. The van der Waals surface area contributed by atoms with Gasteiger partial charge >= 0.3 is 0 Å². The lowest BCUT2D eigenvalue weighted by atomic mass is 10.3. The predicted octanol–water partition coefficient (Wildman–Crippen LogP) is 2.11. The van der Waals surface area contributed by atoms with Crippen molar-refractivity contribution >= 4 is 27.5 Å². The van der Waals surface area contributed by atoms with Crippen LogP contribution in [-0.2, 0) is 17.1 Å². The van der Waals surface area contributed by atoms with Crippen LogP contribution in [0.2, 0.25) is 0 Å². The van der Waals surface area contributed by atoms with E-state index in [2.05, 4.69) is 4.98 Å². The van der Waals surface area contributed by atoms with Crippen LogP contribution in [0.4, 0.5) is 5.69 Å². The van der Waals surface area contributed by atoms with Crippen LogP contribution in [0, 0.1) is 0 Å². The number of hydrogen-bond acceptors (Lipinski definition) is 4. The third-order valence-electron chi connectivity index (χ3n) is 3.12. The van der Waals surface area contributed by atoms with E-state index in [9.17, 15) is 8.42 Å². The average Bonchev–Trinajstić information content (AvgIpc) is 2.85. The molecule has 106 valence electrons. The lowest BCUT2D eigenvalue weighted by molar-refractivity contribution is 0.586. The summed E-state index contributed by atoms with van der Waals surface area (Å²) in [6.45, 7) is 2.49. The molecule has 20 heavy (non-hydrogen) atoms. The summed E-state index contributed by atoms with van der Waals surface area (Å²) in [6, 6.07) is 7.58. The van der Waals surface area contributed by atoms with Gasteiger partial charge in [0.1, 0.15) is 0 Å². The molecule has 1 aromatic carbocycles. The Balaban J connectivity index is 2.10. The summed E-state index contributed by atoms with van der Waals surface area (Å²) in [7, 11) is -1.84. The summed E-state index contributed by atoms with van der Waals surface area (Å²) < 4.78 is 28.6. The monoisotopic (exact) mass is 309 g/mol. The number of nitrogens with zero attached hydrogens (tertiary/aromatic N) is 3. The highest BCUT2D eigenvalue weighted by Crippen LogP contribution is 2.40. The standard InChI is InChI=1S/C13H15N3O2S2/c1-10-7-16(11-5-3-4-6-12(11)19-10)20(17,18)13-8-15(2)9-14-13/h3-6,8-10H,7H2,1-2H3/t10-/m1/s1. The molecule has 0 bridgehead atoms. The minimum atomic E-state index is -3.60. The summed E-state index contributed by atoms with van der Waals surface area (Å²) in [5, 5.41) is 0.303. The van der Waals surface area contributed by atoms with Gasteiger partial charge in [-0.1, -0.05) is 19.1 Å². The number of para-hydroxylation sites is 1. The Hall–Kier alpha value is -1.47. The van der Waals surface area contributed by atoms with Gasteiger partial charge in [-0.2, -0.15) is 8.42 Å². The summed E-state index contributed by atoms with van der Waals surface area (Å²) >= 11 is 1.70.